The summed E-state index contributed by atoms with van der Waals surface area (Å²) in [4.78, 5) is 10.3. The van der Waals surface area contributed by atoms with Crippen LogP contribution in [0.15, 0.2) is 0 Å². The van der Waals surface area contributed by atoms with Crippen molar-refractivity contribution in [3.63, 3.8) is 0 Å². The van der Waals surface area contributed by atoms with Gasteiger partial charge in [0.15, 0.2) is 0 Å². The molecular formula is C8H16ClNO3. The molecule has 0 radical (unpaired) electrons. The van der Waals surface area contributed by atoms with Gasteiger partial charge in [-0.3, -0.25) is 0 Å². The molecule has 78 valence electrons. The van der Waals surface area contributed by atoms with Gasteiger partial charge in [0, 0.05) is 0 Å². The molecule has 0 aliphatic carbocycles. The Hall–Kier alpha value is -0.480. The van der Waals surface area contributed by atoms with E-state index < -0.39 is 18.2 Å². The first-order valence-electron chi connectivity index (χ1n) is 4.20. The summed E-state index contributed by atoms with van der Waals surface area (Å²) in [5.41, 5.74) is 0. The highest BCUT2D eigenvalue weighted by Gasteiger charge is 2.20. The maximum Gasteiger partial charge on any atom is 0.404 e. The van der Waals surface area contributed by atoms with Crippen molar-refractivity contribution >= 4 is 17.7 Å². The lowest BCUT2D eigenvalue weighted by molar-refractivity contribution is 0.126. The normalized spacial score (nSPS) is 15.5. The van der Waals surface area contributed by atoms with Gasteiger partial charge >= 0.3 is 6.09 Å². The summed E-state index contributed by atoms with van der Waals surface area (Å²) >= 11 is 5.43. The maximum absolute atomic E-state index is 10.3. The van der Waals surface area contributed by atoms with Crippen molar-refractivity contribution in [1.29, 1.82) is 0 Å². The van der Waals surface area contributed by atoms with Crippen molar-refractivity contribution in [2.75, 3.05) is 5.88 Å². The lowest BCUT2D eigenvalue weighted by atomic mass is 10.0. The third kappa shape index (κ3) is 5.71. The number of amides is 1. The third-order valence-electron chi connectivity index (χ3n) is 1.66. The van der Waals surface area contributed by atoms with Crippen molar-refractivity contribution in [3.8, 4) is 0 Å². The van der Waals surface area contributed by atoms with E-state index in [1.54, 1.807) is 0 Å². The zero-order valence-electron chi connectivity index (χ0n) is 7.83. The van der Waals surface area contributed by atoms with Crippen LogP contribution < -0.4 is 5.32 Å². The van der Waals surface area contributed by atoms with Gasteiger partial charge in [0.2, 0.25) is 0 Å². The molecule has 0 aromatic rings. The molecule has 0 heterocycles. The van der Waals surface area contributed by atoms with Crippen LogP contribution in [-0.2, 0) is 0 Å². The molecule has 5 heteroatoms. The summed E-state index contributed by atoms with van der Waals surface area (Å²) in [6.45, 7) is 3.91. The molecule has 0 aliphatic heterocycles. The number of halogens is 1. The average Bonchev–Trinajstić information content (AvgIpc) is 2.00. The van der Waals surface area contributed by atoms with E-state index in [4.69, 9.17) is 16.7 Å². The Morgan fingerprint density at radius 1 is 1.54 bits per heavy atom. The smallest absolute Gasteiger partial charge is 0.404 e. The van der Waals surface area contributed by atoms with Crippen LogP contribution in [0, 0.1) is 5.92 Å². The number of hydrogen-bond acceptors (Lipinski definition) is 2. The van der Waals surface area contributed by atoms with Gasteiger partial charge in [-0.25, -0.2) is 4.79 Å². The first-order chi connectivity index (χ1) is 5.97. The molecule has 0 saturated heterocycles. The Morgan fingerprint density at radius 2 is 2.08 bits per heavy atom. The number of carbonyl (C=O) groups is 1. The summed E-state index contributed by atoms with van der Waals surface area (Å²) in [6, 6.07) is -0.477. The van der Waals surface area contributed by atoms with Crippen LogP contribution in [-0.4, -0.2) is 34.3 Å². The number of carboxylic acid groups (broad SMARTS) is 1. The Bertz CT molecular complexity index is 163. The molecule has 0 aliphatic rings. The van der Waals surface area contributed by atoms with Crippen LogP contribution in [0.5, 0.6) is 0 Å². The second-order valence-electron chi connectivity index (χ2n) is 3.41. The minimum absolute atomic E-state index is 0.0394. The molecule has 13 heavy (non-hydrogen) atoms. The van der Waals surface area contributed by atoms with Crippen LogP contribution in [0.4, 0.5) is 4.79 Å². The van der Waals surface area contributed by atoms with Crippen molar-refractivity contribution < 1.29 is 15.0 Å². The van der Waals surface area contributed by atoms with Gasteiger partial charge in [-0.2, -0.15) is 0 Å². The monoisotopic (exact) mass is 209 g/mol. The largest absolute Gasteiger partial charge is 0.465 e. The highest BCUT2D eigenvalue weighted by Crippen LogP contribution is 2.09. The van der Waals surface area contributed by atoms with E-state index in [1.165, 1.54) is 0 Å². The van der Waals surface area contributed by atoms with Gasteiger partial charge in [0.25, 0.3) is 0 Å². The first-order valence-corrected chi connectivity index (χ1v) is 4.74. The molecule has 0 aromatic carbocycles. The molecule has 2 unspecified atom stereocenters. The van der Waals surface area contributed by atoms with E-state index in [9.17, 15) is 9.90 Å². The van der Waals surface area contributed by atoms with E-state index >= 15 is 0 Å². The minimum Gasteiger partial charge on any atom is -0.465 e. The molecule has 0 bridgehead atoms. The number of rotatable bonds is 5. The first kappa shape index (κ1) is 12.5. The second kappa shape index (κ2) is 6.05. The van der Waals surface area contributed by atoms with E-state index in [-0.39, 0.29) is 5.88 Å². The van der Waals surface area contributed by atoms with Gasteiger partial charge in [0.05, 0.1) is 18.0 Å². The molecule has 3 N–H and O–H groups in total. The zero-order chi connectivity index (χ0) is 10.4. The lowest BCUT2D eigenvalue weighted by Crippen LogP contribution is -2.44. The predicted octanol–water partition coefficient (Wildman–Crippen LogP) is 1.27. The van der Waals surface area contributed by atoms with Crippen LogP contribution in [0.25, 0.3) is 0 Å². The van der Waals surface area contributed by atoms with Crippen molar-refractivity contribution in [2.24, 2.45) is 5.92 Å². The Labute approximate surface area is 82.9 Å². The molecule has 1 amide bonds. The number of aliphatic hydroxyl groups excluding tert-OH is 1. The quantitative estimate of drug-likeness (QED) is 0.598. The fourth-order valence-corrected chi connectivity index (χ4v) is 1.30. The van der Waals surface area contributed by atoms with E-state index in [1.807, 2.05) is 13.8 Å². The summed E-state index contributed by atoms with van der Waals surface area (Å²) in [5.74, 6) is 0.354. The summed E-state index contributed by atoms with van der Waals surface area (Å²) in [6.07, 6.45) is -1.37. The number of nitrogens with one attached hydrogen (secondary N) is 1. The van der Waals surface area contributed by atoms with Crippen LogP contribution in [0.1, 0.15) is 20.3 Å². The van der Waals surface area contributed by atoms with E-state index in [0.717, 1.165) is 0 Å². The highest BCUT2D eigenvalue weighted by molar-refractivity contribution is 6.18. The summed E-state index contributed by atoms with van der Waals surface area (Å²) < 4.78 is 0. The van der Waals surface area contributed by atoms with Gasteiger partial charge in [0.1, 0.15) is 0 Å². The molecule has 0 spiro atoms. The highest BCUT2D eigenvalue weighted by atomic mass is 35.5. The minimum atomic E-state index is -1.13. The fraction of sp³-hybridized carbons (Fsp3) is 0.875. The van der Waals surface area contributed by atoms with Crippen molar-refractivity contribution in [3.05, 3.63) is 0 Å². The zero-order valence-corrected chi connectivity index (χ0v) is 8.58. The van der Waals surface area contributed by atoms with Crippen molar-refractivity contribution in [2.45, 2.75) is 32.4 Å². The third-order valence-corrected chi connectivity index (χ3v) is 1.97. The Balaban J connectivity index is 4.10. The molecular weight excluding hydrogens is 194 g/mol. The lowest BCUT2D eigenvalue weighted by Gasteiger charge is -2.22. The van der Waals surface area contributed by atoms with Gasteiger partial charge in [-0.15, -0.1) is 11.6 Å². The van der Waals surface area contributed by atoms with Gasteiger partial charge in [-0.1, -0.05) is 13.8 Å². The van der Waals surface area contributed by atoms with Crippen LogP contribution >= 0.6 is 11.6 Å². The summed E-state index contributed by atoms with van der Waals surface area (Å²) in [5, 5.41) is 20.1. The topological polar surface area (TPSA) is 69.6 Å². The SMILES string of the molecule is CC(C)CC(NC(=O)O)C(O)CCl. The predicted molar refractivity (Wildman–Crippen MR) is 51.1 cm³/mol. The number of alkyl halides is 1. The molecule has 0 saturated carbocycles. The Morgan fingerprint density at radius 3 is 2.38 bits per heavy atom. The molecule has 4 nitrogen and oxygen atoms in total. The van der Waals surface area contributed by atoms with Crippen molar-refractivity contribution in [1.82, 2.24) is 5.32 Å². The molecule has 0 aromatic heterocycles. The molecule has 2 atom stereocenters. The molecule has 0 fully saturated rings. The Kier molecular flexibility index (Phi) is 5.82. The fourth-order valence-electron chi connectivity index (χ4n) is 1.09. The van der Waals surface area contributed by atoms with E-state index in [2.05, 4.69) is 5.32 Å². The van der Waals surface area contributed by atoms with Gasteiger partial charge < -0.3 is 15.5 Å². The second-order valence-corrected chi connectivity index (χ2v) is 3.72. The van der Waals surface area contributed by atoms with Crippen LogP contribution in [0.3, 0.4) is 0 Å². The van der Waals surface area contributed by atoms with Gasteiger partial charge in [-0.05, 0) is 12.3 Å². The maximum atomic E-state index is 10.3. The number of aliphatic hydroxyl groups is 1. The number of hydrogen-bond donors (Lipinski definition) is 3. The molecule has 0 rings (SSSR count). The average molecular weight is 210 g/mol. The standard InChI is InChI=1S/C8H16ClNO3/c1-5(2)3-6(7(11)4-9)10-8(12)13/h5-7,10-11H,3-4H2,1-2H3,(H,12,13). The summed E-state index contributed by atoms with van der Waals surface area (Å²) in [7, 11) is 0. The van der Waals surface area contributed by atoms with Crippen LogP contribution in [0.2, 0.25) is 0 Å². The van der Waals surface area contributed by atoms with E-state index in [0.29, 0.717) is 12.3 Å².